The van der Waals surface area contributed by atoms with Gasteiger partial charge in [0.1, 0.15) is 0 Å². The number of rotatable bonds is 5. The highest BCUT2D eigenvalue weighted by Crippen LogP contribution is 2.15. The van der Waals surface area contributed by atoms with Crippen LogP contribution in [-0.4, -0.2) is 12.5 Å². The first kappa shape index (κ1) is 15.7. The Morgan fingerprint density at radius 2 is 1.74 bits per heavy atom. The van der Waals surface area contributed by atoms with Crippen LogP contribution in [0.25, 0.3) is 0 Å². The topological polar surface area (TPSA) is 29.1 Å². The number of carbonyl (C=O) groups excluding carboxylic acids is 1. The van der Waals surface area contributed by atoms with E-state index < -0.39 is 0 Å². The van der Waals surface area contributed by atoms with E-state index in [4.69, 9.17) is 0 Å². The van der Waals surface area contributed by atoms with Crippen LogP contribution in [0, 0.1) is 5.41 Å². The summed E-state index contributed by atoms with van der Waals surface area (Å²) in [6.45, 7) is 11.0. The van der Waals surface area contributed by atoms with Crippen molar-refractivity contribution < 1.29 is 4.79 Å². The minimum absolute atomic E-state index is 0.127. The first-order valence-corrected chi connectivity index (χ1v) is 7.18. The number of carbonyl (C=O) groups is 1. The zero-order chi connectivity index (χ0) is 14.5. The smallest absolute Gasteiger partial charge is 0.225 e. The summed E-state index contributed by atoms with van der Waals surface area (Å²) in [7, 11) is 0. The van der Waals surface area contributed by atoms with Crippen molar-refractivity contribution >= 4 is 5.91 Å². The number of aryl methyl sites for hydroxylation is 1. The lowest BCUT2D eigenvalue weighted by Crippen LogP contribution is -2.35. The third kappa shape index (κ3) is 5.46. The maximum absolute atomic E-state index is 11.7. The fraction of sp³-hybridized carbons (Fsp3) is 0.588. The maximum atomic E-state index is 11.7. The molecule has 0 bridgehead atoms. The van der Waals surface area contributed by atoms with Crippen LogP contribution in [0.3, 0.4) is 0 Å². The number of hydrogen-bond donors (Lipinski definition) is 1. The molecule has 0 saturated heterocycles. The van der Waals surface area contributed by atoms with Gasteiger partial charge in [0.2, 0.25) is 5.91 Å². The molecular weight excluding hydrogens is 234 g/mol. The highest BCUT2D eigenvalue weighted by Gasteiger charge is 2.20. The van der Waals surface area contributed by atoms with Crippen LogP contribution in [0.2, 0.25) is 0 Å². The van der Waals surface area contributed by atoms with Gasteiger partial charge in [-0.3, -0.25) is 4.79 Å². The Morgan fingerprint density at radius 3 is 2.21 bits per heavy atom. The van der Waals surface area contributed by atoms with E-state index in [1.165, 1.54) is 11.1 Å². The number of nitrogens with one attached hydrogen (secondary N) is 1. The lowest BCUT2D eigenvalue weighted by atomic mass is 9.95. The third-order valence-electron chi connectivity index (χ3n) is 3.26. The molecule has 1 N–H and O–H groups in total. The Bertz CT molecular complexity index is 398. The molecule has 0 saturated carbocycles. The van der Waals surface area contributed by atoms with Crippen LogP contribution in [0.4, 0.5) is 0 Å². The molecule has 0 aromatic heterocycles. The predicted octanol–water partition coefficient (Wildman–Crippen LogP) is 3.90. The van der Waals surface area contributed by atoms with Gasteiger partial charge >= 0.3 is 0 Å². The Balaban J connectivity index is 2.32. The molecule has 0 heterocycles. The van der Waals surface area contributed by atoms with E-state index in [-0.39, 0.29) is 11.3 Å². The van der Waals surface area contributed by atoms with Crippen molar-refractivity contribution in [1.82, 2.24) is 5.32 Å². The summed E-state index contributed by atoms with van der Waals surface area (Å²) in [6, 6.07) is 8.79. The van der Waals surface area contributed by atoms with Crippen LogP contribution in [-0.2, 0) is 11.2 Å². The molecule has 1 aromatic carbocycles. The Morgan fingerprint density at radius 1 is 1.16 bits per heavy atom. The minimum Gasteiger partial charge on any atom is -0.356 e. The molecule has 0 aliphatic rings. The summed E-state index contributed by atoms with van der Waals surface area (Å²) in [6.07, 6.45) is 2.01. The Labute approximate surface area is 117 Å². The zero-order valence-corrected chi connectivity index (χ0v) is 12.9. The van der Waals surface area contributed by atoms with E-state index in [9.17, 15) is 4.79 Å². The number of benzene rings is 1. The molecule has 19 heavy (non-hydrogen) atoms. The van der Waals surface area contributed by atoms with Crippen molar-refractivity contribution in [3.05, 3.63) is 35.4 Å². The molecule has 0 fully saturated rings. The van der Waals surface area contributed by atoms with Gasteiger partial charge in [-0.1, -0.05) is 58.9 Å². The molecule has 2 heteroatoms. The molecule has 1 aromatic rings. The summed E-state index contributed by atoms with van der Waals surface area (Å²) in [5.74, 6) is 0.711. The second kappa shape index (κ2) is 6.74. The van der Waals surface area contributed by atoms with Gasteiger partial charge < -0.3 is 5.32 Å². The quantitative estimate of drug-likeness (QED) is 0.800. The largest absolute Gasteiger partial charge is 0.356 e. The molecule has 0 unspecified atom stereocenters. The van der Waals surface area contributed by atoms with Gasteiger partial charge in [-0.25, -0.2) is 0 Å². The van der Waals surface area contributed by atoms with Crippen LogP contribution in [0.15, 0.2) is 24.3 Å². The molecule has 0 aliphatic carbocycles. The average Bonchev–Trinajstić information content (AvgIpc) is 2.33. The summed E-state index contributed by atoms with van der Waals surface area (Å²) in [5.41, 5.74) is 2.43. The van der Waals surface area contributed by atoms with Crippen LogP contribution >= 0.6 is 0 Å². The lowest BCUT2D eigenvalue weighted by molar-refractivity contribution is -0.128. The van der Waals surface area contributed by atoms with Crippen molar-refractivity contribution in [2.75, 3.05) is 6.54 Å². The fourth-order valence-corrected chi connectivity index (χ4v) is 1.83. The Kier molecular flexibility index (Phi) is 5.59. The molecule has 0 spiro atoms. The van der Waals surface area contributed by atoms with E-state index in [0.29, 0.717) is 5.92 Å². The van der Waals surface area contributed by atoms with Gasteiger partial charge in [0.05, 0.1) is 0 Å². The summed E-state index contributed by atoms with van der Waals surface area (Å²) >= 11 is 0. The first-order chi connectivity index (χ1) is 8.80. The van der Waals surface area contributed by atoms with Crippen molar-refractivity contribution in [2.45, 2.75) is 53.4 Å². The molecular formula is C17H27NO. The molecule has 0 atom stereocenters. The summed E-state index contributed by atoms with van der Waals surface area (Å²) in [5, 5.41) is 2.98. The standard InChI is InChI=1S/C17H27NO/c1-13(2)15-10-8-14(9-11-15)7-6-12-18-16(19)17(3,4)5/h8-11,13H,6-7,12H2,1-5H3,(H,18,19). The maximum Gasteiger partial charge on any atom is 0.225 e. The van der Waals surface area contributed by atoms with Crippen LogP contribution in [0.1, 0.15) is 58.1 Å². The van der Waals surface area contributed by atoms with Crippen molar-refractivity contribution in [1.29, 1.82) is 0 Å². The second-order valence-electron chi connectivity index (χ2n) is 6.51. The van der Waals surface area contributed by atoms with Gasteiger partial charge in [0, 0.05) is 12.0 Å². The average molecular weight is 261 g/mol. The molecule has 0 aliphatic heterocycles. The SMILES string of the molecule is CC(C)c1ccc(CCCNC(=O)C(C)(C)C)cc1. The fourth-order valence-electron chi connectivity index (χ4n) is 1.83. The molecule has 1 amide bonds. The summed E-state index contributed by atoms with van der Waals surface area (Å²) < 4.78 is 0. The predicted molar refractivity (Wildman–Crippen MR) is 81.3 cm³/mol. The van der Waals surface area contributed by atoms with Crippen LogP contribution < -0.4 is 5.32 Å². The van der Waals surface area contributed by atoms with Crippen molar-refractivity contribution in [3.8, 4) is 0 Å². The van der Waals surface area contributed by atoms with Gasteiger partial charge in [-0.2, -0.15) is 0 Å². The molecule has 1 rings (SSSR count). The third-order valence-corrected chi connectivity index (χ3v) is 3.26. The minimum atomic E-state index is -0.293. The normalized spacial score (nSPS) is 11.7. The van der Waals surface area contributed by atoms with Gasteiger partial charge in [-0.15, -0.1) is 0 Å². The highest BCUT2D eigenvalue weighted by molar-refractivity contribution is 5.81. The number of hydrogen-bond acceptors (Lipinski definition) is 1. The van der Waals surface area contributed by atoms with Gasteiger partial charge in [0.25, 0.3) is 0 Å². The van der Waals surface area contributed by atoms with Gasteiger partial charge in [0.15, 0.2) is 0 Å². The van der Waals surface area contributed by atoms with E-state index >= 15 is 0 Å². The van der Waals surface area contributed by atoms with E-state index in [1.807, 2.05) is 20.8 Å². The Hall–Kier alpha value is -1.31. The molecule has 0 radical (unpaired) electrons. The van der Waals surface area contributed by atoms with E-state index in [0.717, 1.165) is 19.4 Å². The zero-order valence-electron chi connectivity index (χ0n) is 12.9. The molecule has 2 nitrogen and oxygen atoms in total. The molecule has 106 valence electrons. The van der Waals surface area contributed by atoms with Crippen molar-refractivity contribution in [2.24, 2.45) is 5.41 Å². The van der Waals surface area contributed by atoms with E-state index in [1.54, 1.807) is 0 Å². The van der Waals surface area contributed by atoms with Crippen LogP contribution in [0.5, 0.6) is 0 Å². The highest BCUT2D eigenvalue weighted by atomic mass is 16.2. The lowest BCUT2D eigenvalue weighted by Gasteiger charge is -2.17. The van der Waals surface area contributed by atoms with Crippen molar-refractivity contribution in [3.63, 3.8) is 0 Å². The number of amides is 1. The summed E-state index contributed by atoms with van der Waals surface area (Å²) in [4.78, 5) is 11.7. The first-order valence-electron chi connectivity index (χ1n) is 7.18. The van der Waals surface area contributed by atoms with Gasteiger partial charge in [-0.05, 0) is 29.9 Å². The van der Waals surface area contributed by atoms with E-state index in [2.05, 4.69) is 43.4 Å². The monoisotopic (exact) mass is 261 g/mol. The second-order valence-corrected chi connectivity index (χ2v) is 6.51.